The second kappa shape index (κ2) is 6.25. The highest BCUT2D eigenvalue weighted by Crippen LogP contribution is 2.22. The van der Waals surface area contributed by atoms with E-state index in [0.29, 0.717) is 0 Å². The van der Waals surface area contributed by atoms with Crippen LogP contribution in [-0.2, 0) is 13.2 Å². The maximum absolute atomic E-state index is 9.00. The minimum Gasteiger partial charge on any atom is -0.497 e. The zero-order chi connectivity index (χ0) is 13.7. The van der Waals surface area contributed by atoms with E-state index in [4.69, 9.17) is 9.84 Å². The van der Waals surface area contributed by atoms with E-state index in [9.17, 15) is 0 Å². The zero-order valence-electron chi connectivity index (χ0n) is 11.3. The van der Waals surface area contributed by atoms with Gasteiger partial charge in [0.05, 0.1) is 13.7 Å². The molecular formula is C16H19NO2. The van der Waals surface area contributed by atoms with Gasteiger partial charge in [0.1, 0.15) is 5.75 Å². The van der Waals surface area contributed by atoms with Gasteiger partial charge in [0.15, 0.2) is 0 Å². The van der Waals surface area contributed by atoms with Crippen molar-refractivity contribution in [2.45, 2.75) is 20.1 Å². The molecule has 3 nitrogen and oxygen atoms in total. The SMILES string of the molecule is COc1ccc(C)c(NCc2ccc(CO)cc2)c1. The summed E-state index contributed by atoms with van der Waals surface area (Å²) in [5.74, 6) is 0.851. The summed E-state index contributed by atoms with van der Waals surface area (Å²) in [5, 5.41) is 12.4. The first-order valence-electron chi connectivity index (χ1n) is 6.30. The molecule has 0 aliphatic rings. The zero-order valence-corrected chi connectivity index (χ0v) is 11.3. The largest absolute Gasteiger partial charge is 0.497 e. The molecule has 0 amide bonds. The maximum Gasteiger partial charge on any atom is 0.120 e. The third kappa shape index (κ3) is 3.48. The maximum atomic E-state index is 9.00. The number of methoxy groups -OCH3 is 1. The fourth-order valence-electron chi connectivity index (χ4n) is 1.88. The van der Waals surface area contributed by atoms with Gasteiger partial charge < -0.3 is 15.2 Å². The molecule has 2 N–H and O–H groups in total. The molecular weight excluding hydrogens is 238 g/mol. The van der Waals surface area contributed by atoms with Gasteiger partial charge in [-0.3, -0.25) is 0 Å². The van der Waals surface area contributed by atoms with Gasteiger partial charge in [0.25, 0.3) is 0 Å². The van der Waals surface area contributed by atoms with Crippen molar-refractivity contribution in [1.29, 1.82) is 0 Å². The van der Waals surface area contributed by atoms with Crippen molar-refractivity contribution in [2.24, 2.45) is 0 Å². The van der Waals surface area contributed by atoms with Gasteiger partial charge >= 0.3 is 0 Å². The van der Waals surface area contributed by atoms with Crippen LogP contribution in [0.25, 0.3) is 0 Å². The fourth-order valence-corrected chi connectivity index (χ4v) is 1.88. The summed E-state index contributed by atoms with van der Waals surface area (Å²) in [6.45, 7) is 2.90. The normalized spacial score (nSPS) is 10.3. The van der Waals surface area contributed by atoms with Gasteiger partial charge in [-0.2, -0.15) is 0 Å². The van der Waals surface area contributed by atoms with E-state index in [-0.39, 0.29) is 6.61 Å². The van der Waals surface area contributed by atoms with Crippen LogP contribution in [0.5, 0.6) is 5.75 Å². The van der Waals surface area contributed by atoms with E-state index < -0.39 is 0 Å². The molecule has 0 heterocycles. The second-order valence-electron chi connectivity index (χ2n) is 4.51. The Labute approximate surface area is 113 Å². The minimum absolute atomic E-state index is 0.0860. The number of anilines is 1. The average molecular weight is 257 g/mol. The Hall–Kier alpha value is -2.00. The van der Waals surface area contributed by atoms with Gasteiger partial charge in [-0.1, -0.05) is 30.3 Å². The first-order chi connectivity index (χ1) is 9.22. The van der Waals surface area contributed by atoms with E-state index in [1.54, 1.807) is 7.11 Å². The van der Waals surface area contributed by atoms with E-state index >= 15 is 0 Å². The molecule has 19 heavy (non-hydrogen) atoms. The molecule has 0 unspecified atom stereocenters. The number of hydrogen-bond donors (Lipinski definition) is 2. The lowest BCUT2D eigenvalue weighted by Gasteiger charge is -2.11. The predicted octanol–water partition coefficient (Wildman–Crippen LogP) is 3.11. The summed E-state index contributed by atoms with van der Waals surface area (Å²) in [4.78, 5) is 0. The monoisotopic (exact) mass is 257 g/mol. The molecule has 0 aliphatic heterocycles. The number of aryl methyl sites for hydroxylation is 1. The Balaban J connectivity index is 2.05. The highest BCUT2D eigenvalue weighted by atomic mass is 16.5. The summed E-state index contributed by atoms with van der Waals surface area (Å²) < 4.78 is 5.22. The Kier molecular flexibility index (Phi) is 4.42. The van der Waals surface area contributed by atoms with Crippen LogP contribution < -0.4 is 10.1 Å². The van der Waals surface area contributed by atoms with Gasteiger partial charge in [0, 0.05) is 18.3 Å². The summed E-state index contributed by atoms with van der Waals surface area (Å²) >= 11 is 0. The van der Waals surface area contributed by atoms with E-state index in [1.165, 1.54) is 11.1 Å². The predicted molar refractivity (Wildman–Crippen MR) is 77.4 cm³/mol. The van der Waals surface area contributed by atoms with Crippen LogP contribution >= 0.6 is 0 Å². The highest BCUT2D eigenvalue weighted by Gasteiger charge is 2.01. The molecule has 0 fully saturated rings. The van der Waals surface area contributed by atoms with Crippen LogP contribution in [-0.4, -0.2) is 12.2 Å². The molecule has 2 rings (SSSR count). The number of aliphatic hydroxyl groups excluding tert-OH is 1. The smallest absolute Gasteiger partial charge is 0.120 e. The highest BCUT2D eigenvalue weighted by molar-refractivity contribution is 5.54. The Bertz CT molecular complexity index is 535. The number of rotatable bonds is 5. The second-order valence-corrected chi connectivity index (χ2v) is 4.51. The van der Waals surface area contributed by atoms with Crippen LogP contribution in [0.4, 0.5) is 5.69 Å². The Morgan fingerprint density at radius 3 is 2.37 bits per heavy atom. The standard InChI is InChI=1S/C16H19NO2/c1-12-3-8-15(19-2)9-16(12)17-10-13-4-6-14(11-18)7-5-13/h3-9,17-18H,10-11H2,1-2H3. The Morgan fingerprint density at radius 1 is 1.05 bits per heavy atom. The molecule has 0 aliphatic carbocycles. The van der Waals surface area contributed by atoms with E-state index in [1.807, 2.05) is 42.5 Å². The molecule has 0 spiro atoms. The molecule has 2 aromatic rings. The van der Waals surface area contributed by atoms with Crippen molar-refractivity contribution in [3.8, 4) is 5.75 Å². The Morgan fingerprint density at radius 2 is 1.74 bits per heavy atom. The molecule has 0 aromatic heterocycles. The summed E-state index contributed by atoms with van der Waals surface area (Å²) in [7, 11) is 1.67. The molecule has 100 valence electrons. The number of hydrogen-bond acceptors (Lipinski definition) is 3. The van der Waals surface area contributed by atoms with Gasteiger partial charge in [-0.05, 0) is 29.7 Å². The van der Waals surface area contributed by atoms with Crippen molar-refractivity contribution >= 4 is 5.69 Å². The number of aliphatic hydroxyl groups is 1. The van der Waals surface area contributed by atoms with Gasteiger partial charge in [0.2, 0.25) is 0 Å². The van der Waals surface area contributed by atoms with Gasteiger partial charge in [-0.25, -0.2) is 0 Å². The van der Waals surface area contributed by atoms with Crippen molar-refractivity contribution in [3.05, 3.63) is 59.2 Å². The average Bonchev–Trinajstić information content (AvgIpc) is 2.47. The number of nitrogens with one attached hydrogen (secondary N) is 1. The van der Waals surface area contributed by atoms with Crippen LogP contribution in [0.1, 0.15) is 16.7 Å². The fraction of sp³-hybridized carbons (Fsp3) is 0.250. The van der Waals surface area contributed by atoms with Crippen LogP contribution in [0, 0.1) is 6.92 Å². The van der Waals surface area contributed by atoms with Gasteiger partial charge in [-0.15, -0.1) is 0 Å². The number of benzene rings is 2. The summed E-state index contributed by atoms with van der Waals surface area (Å²) in [6, 6.07) is 13.9. The molecule has 0 saturated carbocycles. The lowest BCUT2D eigenvalue weighted by Crippen LogP contribution is -2.01. The first kappa shape index (κ1) is 13.4. The number of ether oxygens (including phenoxy) is 1. The lowest BCUT2D eigenvalue weighted by atomic mass is 10.1. The van der Waals surface area contributed by atoms with E-state index in [0.717, 1.165) is 23.5 Å². The third-order valence-electron chi connectivity index (χ3n) is 3.13. The van der Waals surface area contributed by atoms with Crippen LogP contribution in [0.3, 0.4) is 0 Å². The topological polar surface area (TPSA) is 41.5 Å². The molecule has 0 radical (unpaired) electrons. The van der Waals surface area contributed by atoms with Crippen molar-refractivity contribution in [2.75, 3.05) is 12.4 Å². The molecule has 0 saturated heterocycles. The summed E-state index contributed by atoms with van der Waals surface area (Å²) in [6.07, 6.45) is 0. The quantitative estimate of drug-likeness (QED) is 0.864. The molecule has 0 atom stereocenters. The first-order valence-corrected chi connectivity index (χ1v) is 6.30. The van der Waals surface area contributed by atoms with Crippen molar-refractivity contribution in [1.82, 2.24) is 0 Å². The molecule has 0 bridgehead atoms. The van der Waals surface area contributed by atoms with Crippen molar-refractivity contribution < 1.29 is 9.84 Å². The minimum atomic E-state index is 0.0860. The molecule has 3 heteroatoms. The van der Waals surface area contributed by atoms with Crippen molar-refractivity contribution in [3.63, 3.8) is 0 Å². The third-order valence-corrected chi connectivity index (χ3v) is 3.13. The van der Waals surface area contributed by atoms with Crippen LogP contribution in [0.15, 0.2) is 42.5 Å². The molecule has 2 aromatic carbocycles. The van der Waals surface area contributed by atoms with Crippen LogP contribution in [0.2, 0.25) is 0 Å². The lowest BCUT2D eigenvalue weighted by molar-refractivity contribution is 0.282. The van der Waals surface area contributed by atoms with E-state index in [2.05, 4.69) is 12.2 Å². The summed E-state index contributed by atoms with van der Waals surface area (Å²) in [5.41, 5.74) is 4.37.